The normalized spacial score (nSPS) is 13.1. The van der Waals surface area contributed by atoms with Crippen molar-refractivity contribution in [2.45, 2.75) is 5.41 Å². The highest BCUT2D eigenvalue weighted by Crippen LogP contribution is 2.63. The first-order valence-corrected chi connectivity index (χ1v) is 23.4. The van der Waals surface area contributed by atoms with Gasteiger partial charge in [-0.25, -0.2) is 0 Å². The van der Waals surface area contributed by atoms with Gasteiger partial charge in [0.2, 0.25) is 0 Å². The van der Waals surface area contributed by atoms with Crippen LogP contribution in [0.3, 0.4) is 0 Å². The van der Waals surface area contributed by atoms with Crippen LogP contribution in [0.1, 0.15) is 22.3 Å². The van der Waals surface area contributed by atoms with Crippen molar-refractivity contribution < 1.29 is 8.83 Å². The first-order chi connectivity index (χ1) is 33.7. The van der Waals surface area contributed by atoms with E-state index in [4.69, 9.17) is 8.83 Å². The SMILES string of the molecule is c1ccc(-c2ccc(N(c3ccc4c(c3)C3(c5ccccc5-c5ccccc53)c3ccccc3-4)c3cccc4oc5c(-c6ccc7ccccc7c6)c6c(cc5c34)oc3ccccc36)cc2)cc1. The molecule has 0 aliphatic heterocycles. The lowest BCUT2D eigenvalue weighted by Gasteiger charge is -2.32. The standard InChI is InChI=1S/C65H39NO2/c1-2-15-40(16-3-1)42-31-33-45(34-32-42)66(46-35-36-50-49-21-8-12-25-55(49)65(56(50)38-46)53-23-10-6-19-47(53)48-20-7-11-24-54(48)65)57-26-14-28-59-62(57)52-39-60-63(51-22-9-13-27-58(51)67-60)61(64(52)68-59)44-30-29-41-17-4-5-18-43(41)37-44/h1-39H. The molecule has 3 nitrogen and oxygen atoms in total. The molecule has 13 aromatic rings. The molecule has 1 spiro atoms. The van der Waals surface area contributed by atoms with Gasteiger partial charge in [0.1, 0.15) is 22.3 Å². The maximum Gasteiger partial charge on any atom is 0.144 e. The number of hydrogen-bond donors (Lipinski definition) is 0. The van der Waals surface area contributed by atoms with Crippen LogP contribution in [0.15, 0.2) is 245 Å². The molecule has 316 valence electrons. The Morgan fingerprint density at radius 3 is 1.66 bits per heavy atom. The van der Waals surface area contributed by atoms with E-state index in [1.54, 1.807) is 0 Å². The zero-order valence-electron chi connectivity index (χ0n) is 36.8. The minimum absolute atomic E-state index is 0.492. The summed E-state index contributed by atoms with van der Waals surface area (Å²) < 4.78 is 14.0. The maximum absolute atomic E-state index is 7.22. The average molecular weight is 866 g/mol. The van der Waals surface area contributed by atoms with E-state index in [1.165, 1.54) is 60.8 Å². The van der Waals surface area contributed by atoms with Gasteiger partial charge in [-0.05, 0) is 127 Å². The number of para-hydroxylation sites is 1. The third-order valence-electron chi connectivity index (χ3n) is 14.9. The molecule has 3 heteroatoms. The summed E-state index contributed by atoms with van der Waals surface area (Å²) in [6.07, 6.45) is 0. The lowest BCUT2D eigenvalue weighted by molar-refractivity contribution is 0.664. The molecular formula is C65H39NO2. The smallest absolute Gasteiger partial charge is 0.144 e. The van der Waals surface area contributed by atoms with Crippen LogP contribution in [-0.4, -0.2) is 0 Å². The number of anilines is 3. The molecule has 0 N–H and O–H groups in total. The molecule has 0 bridgehead atoms. The molecule has 2 heterocycles. The second-order valence-electron chi connectivity index (χ2n) is 18.3. The quantitative estimate of drug-likeness (QED) is 0.173. The topological polar surface area (TPSA) is 29.5 Å². The zero-order valence-corrected chi connectivity index (χ0v) is 36.8. The number of rotatable bonds is 5. The van der Waals surface area contributed by atoms with E-state index in [-0.39, 0.29) is 0 Å². The first kappa shape index (κ1) is 37.3. The highest BCUT2D eigenvalue weighted by atomic mass is 16.3. The Morgan fingerprint density at radius 1 is 0.324 bits per heavy atom. The molecule has 11 aromatic carbocycles. The van der Waals surface area contributed by atoms with Gasteiger partial charge in [0.05, 0.1) is 16.5 Å². The number of nitrogens with zero attached hydrogens (tertiary/aromatic N) is 1. The lowest BCUT2D eigenvalue weighted by atomic mass is 9.70. The van der Waals surface area contributed by atoms with Crippen LogP contribution in [0.5, 0.6) is 0 Å². The molecule has 0 saturated carbocycles. The van der Waals surface area contributed by atoms with Crippen molar-refractivity contribution in [1.82, 2.24) is 0 Å². The highest BCUT2D eigenvalue weighted by Gasteiger charge is 2.51. The van der Waals surface area contributed by atoms with Crippen molar-refractivity contribution in [3.8, 4) is 44.5 Å². The lowest BCUT2D eigenvalue weighted by Crippen LogP contribution is -2.26. The third kappa shape index (κ3) is 5.07. The Labute approximate surface area is 392 Å². The molecule has 2 aliphatic carbocycles. The van der Waals surface area contributed by atoms with E-state index in [9.17, 15) is 0 Å². The van der Waals surface area contributed by atoms with E-state index < -0.39 is 5.41 Å². The fourth-order valence-corrected chi connectivity index (χ4v) is 12.0. The predicted octanol–water partition coefficient (Wildman–Crippen LogP) is 17.8. The zero-order chi connectivity index (χ0) is 44.5. The molecule has 0 amide bonds. The molecular weight excluding hydrogens is 827 g/mol. The van der Waals surface area contributed by atoms with E-state index in [2.05, 4.69) is 235 Å². The van der Waals surface area contributed by atoms with Crippen LogP contribution in [0, 0.1) is 0 Å². The fourth-order valence-electron chi connectivity index (χ4n) is 12.0. The number of hydrogen-bond acceptors (Lipinski definition) is 3. The number of furan rings is 2. The van der Waals surface area contributed by atoms with E-state index >= 15 is 0 Å². The van der Waals surface area contributed by atoms with Gasteiger partial charge in [-0.15, -0.1) is 0 Å². The van der Waals surface area contributed by atoms with Gasteiger partial charge in [0.15, 0.2) is 0 Å². The van der Waals surface area contributed by atoms with Crippen molar-refractivity contribution in [3.63, 3.8) is 0 Å². The Kier molecular flexibility index (Phi) is 7.71. The Morgan fingerprint density at radius 2 is 0.912 bits per heavy atom. The first-order valence-electron chi connectivity index (χ1n) is 23.4. The molecule has 0 saturated heterocycles. The molecule has 0 atom stereocenters. The Bertz CT molecular complexity index is 4150. The van der Waals surface area contributed by atoms with Crippen LogP contribution in [0.25, 0.3) is 99.2 Å². The highest BCUT2D eigenvalue weighted by molar-refractivity contribution is 6.26. The summed E-state index contributed by atoms with van der Waals surface area (Å²) >= 11 is 0. The molecule has 15 rings (SSSR count). The van der Waals surface area contributed by atoms with E-state index in [1.807, 2.05) is 6.07 Å². The monoisotopic (exact) mass is 865 g/mol. The molecule has 2 aromatic heterocycles. The molecule has 0 radical (unpaired) electrons. The second-order valence-corrected chi connectivity index (χ2v) is 18.3. The van der Waals surface area contributed by atoms with Gasteiger partial charge in [0.25, 0.3) is 0 Å². The second kappa shape index (κ2) is 14.0. The van der Waals surface area contributed by atoms with Gasteiger partial charge in [-0.3, -0.25) is 0 Å². The van der Waals surface area contributed by atoms with Gasteiger partial charge < -0.3 is 13.7 Å². The number of fused-ring (bicyclic) bond motifs is 17. The summed E-state index contributed by atoms with van der Waals surface area (Å²) in [5.41, 5.74) is 20.8. The van der Waals surface area contributed by atoms with Crippen LogP contribution >= 0.6 is 0 Å². The molecule has 0 unspecified atom stereocenters. The van der Waals surface area contributed by atoms with Gasteiger partial charge in [0, 0.05) is 33.1 Å². The van der Waals surface area contributed by atoms with Gasteiger partial charge >= 0.3 is 0 Å². The Hall–Kier alpha value is -8.92. The predicted molar refractivity (Wildman–Crippen MR) is 280 cm³/mol. The molecule has 2 aliphatic rings. The minimum atomic E-state index is -0.492. The largest absolute Gasteiger partial charge is 0.456 e. The Balaban J connectivity index is 1.02. The van der Waals surface area contributed by atoms with Crippen molar-refractivity contribution in [2.24, 2.45) is 0 Å². The summed E-state index contributed by atoms with van der Waals surface area (Å²) in [4.78, 5) is 2.44. The summed E-state index contributed by atoms with van der Waals surface area (Å²) in [6, 6.07) is 86.2. The summed E-state index contributed by atoms with van der Waals surface area (Å²) in [7, 11) is 0. The van der Waals surface area contributed by atoms with Gasteiger partial charge in [-0.2, -0.15) is 0 Å². The van der Waals surface area contributed by atoms with Crippen LogP contribution in [-0.2, 0) is 5.41 Å². The average Bonchev–Trinajstić information content (AvgIpc) is 4.14. The van der Waals surface area contributed by atoms with Gasteiger partial charge in [-0.1, -0.05) is 182 Å². The van der Waals surface area contributed by atoms with Crippen molar-refractivity contribution in [1.29, 1.82) is 0 Å². The van der Waals surface area contributed by atoms with Crippen LogP contribution < -0.4 is 4.90 Å². The summed E-state index contributed by atoms with van der Waals surface area (Å²) in [5, 5.41) is 6.51. The van der Waals surface area contributed by atoms with E-state index in [0.717, 1.165) is 77.6 Å². The van der Waals surface area contributed by atoms with E-state index in [0.29, 0.717) is 0 Å². The summed E-state index contributed by atoms with van der Waals surface area (Å²) in [6.45, 7) is 0. The maximum atomic E-state index is 7.22. The third-order valence-corrected chi connectivity index (χ3v) is 14.9. The molecule has 68 heavy (non-hydrogen) atoms. The van der Waals surface area contributed by atoms with Crippen LogP contribution in [0.4, 0.5) is 17.1 Å². The molecule has 0 fully saturated rings. The summed E-state index contributed by atoms with van der Waals surface area (Å²) in [5.74, 6) is 0. The number of benzene rings is 11. The fraction of sp³-hybridized carbons (Fsp3) is 0.0154. The minimum Gasteiger partial charge on any atom is -0.456 e. The van der Waals surface area contributed by atoms with Crippen LogP contribution in [0.2, 0.25) is 0 Å². The van der Waals surface area contributed by atoms with Crippen molar-refractivity contribution in [3.05, 3.63) is 259 Å². The van der Waals surface area contributed by atoms with Crippen molar-refractivity contribution in [2.75, 3.05) is 4.90 Å². The van der Waals surface area contributed by atoms with Crippen molar-refractivity contribution >= 4 is 71.7 Å².